The van der Waals surface area contributed by atoms with Crippen LogP contribution in [-0.4, -0.2) is 29.7 Å². The Balaban J connectivity index is 2.20. The fraction of sp³-hybridized carbons (Fsp3) is 0.500. The first-order chi connectivity index (χ1) is 8.08. The maximum Gasteiger partial charge on any atom is 0.339 e. The molecule has 0 radical (unpaired) electrons. The van der Waals surface area contributed by atoms with Crippen molar-refractivity contribution < 1.29 is 14.3 Å². The van der Waals surface area contributed by atoms with Gasteiger partial charge in [0.2, 0.25) is 0 Å². The number of rotatable bonds is 4. The van der Waals surface area contributed by atoms with E-state index in [1.54, 1.807) is 11.9 Å². The van der Waals surface area contributed by atoms with Crippen molar-refractivity contribution in [3.05, 3.63) is 23.6 Å². The predicted octanol–water partition coefficient (Wildman–Crippen LogP) is 2.16. The van der Waals surface area contributed by atoms with Crippen LogP contribution in [0, 0.1) is 11.7 Å². The highest BCUT2D eigenvalue weighted by Crippen LogP contribution is 2.28. The van der Waals surface area contributed by atoms with Gasteiger partial charge >= 0.3 is 5.97 Å². The second kappa shape index (κ2) is 4.69. The standard InChI is InChI=1S/C12H15FN2O2/c1-15(7-8-3-2-4-8)11-10(12(16)17)5-9(13)6-14-11/h5-6,8H,2-4,7H2,1H3,(H,16,17). The molecule has 4 nitrogen and oxygen atoms in total. The van der Waals surface area contributed by atoms with E-state index in [9.17, 15) is 9.18 Å². The quantitative estimate of drug-likeness (QED) is 0.873. The van der Waals surface area contributed by atoms with Gasteiger partial charge < -0.3 is 10.0 Å². The molecule has 1 aliphatic carbocycles. The number of hydrogen-bond donors (Lipinski definition) is 1. The number of anilines is 1. The van der Waals surface area contributed by atoms with Gasteiger partial charge in [-0.25, -0.2) is 14.2 Å². The van der Waals surface area contributed by atoms with E-state index in [2.05, 4.69) is 4.98 Å². The van der Waals surface area contributed by atoms with Crippen LogP contribution < -0.4 is 4.90 Å². The molecule has 1 saturated carbocycles. The Kier molecular flexibility index (Phi) is 3.26. The van der Waals surface area contributed by atoms with Crippen LogP contribution in [0.1, 0.15) is 29.6 Å². The maximum absolute atomic E-state index is 13.0. The fourth-order valence-electron chi connectivity index (χ4n) is 2.04. The summed E-state index contributed by atoms with van der Waals surface area (Å²) in [7, 11) is 1.80. The summed E-state index contributed by atoms with van der Waals surface area (Å²) in [5.41, 5.74) is -0.0770. The molecule has 0 spiro atoms. The zero-order valence-electron chi connectivity index (χ0n) is 9.69. The third-order valence-electron chi connectivity index (χ3n) is 3.18. The molecule has 0 unspecified atom stereocenters. The van der Waals surface area contributed by atoms with Crippen LogP contribution in [0.25, 0.3) is 0 Å². The van der Waals surface area contributed by atoms with Crippen LogP contribution in [0.4, 0.5) is 10.2 Å². The second-order valence-electron chi connectivity index (χ2n) is 4.51. The molecule has 17 heavy (non-hydrogen) atoms. The third-order valence-corrected chi connectivity index (χ3v) is 3.18. The molecule has 0 aliphatic heterocycles. The number of nitrogens with zero attached hydrogens (tertiary/aromatic N) is 2. The molecule has 0 bridgehead atoms. The smallest absolute Gasteiger partial charge is 0.339 e. The van der Waals surface area contributed by atoms with Gasteiger partial charge in [0, 0.05) is 13.6 Å². The fourth-order valence-corrected chi connectivity index (χ4v) is 2.04. The Labute approximate surface area is 99.1 Å². The van der Waals surface area contributed by atoms with Gasteiger partial charge in [-0.3, -0.25) is 0 Å². The summed E-state index contributed by atoms with van der Waals surface area (Å²) < 4.78 is 13.0. The number of pyridine rings is 1. The first-order valence-electron chi connectivity index (χ1n) is 5.68. The first kappa shape index (κ1) is 11.8. The van der Waals surface area contributed by atoms with Crippen molar-refractivity contribution in [1.29, 1.82) is 0 Å². The van der Waals surface area contributed by atoms with Crippen molar-refractivity contribution in [2.24, 2.45) is 5.92 Å². The zero-order chi connectivity index (χ0) is 12.4. The Morgan fingerprint density at radius 3 is 2.88 bits per heavy atom. The number of aromatic nitrogens is 1. The molecule has 92 valence electrons. The average molecular weight is 238 g/mol. The summed E-state index contributed by atoms with van der Waals surface area (Å²) >= 11 is 0. The van der Waals surface area contributed by atoms with Crippen molar-refractivity contribution >= 4 is 11.8 Å². The number of carboxylic acid groups (broad SMARTS) is 1. The summed E-state index contributed by atoms with van der Waals surface area (Å²) in [6, 6.07) is 1.02. The minimum Gasteiger partial charge on any atom is -0.478 e. The Bertz CT molecular complexity index is 433. The number of hydrogen-bond acceptors (Lipinski definition) is 3. The van der Waals surface area contributed by atoms with Crippen molar-refractivity contribution in [1.82, 2.24) is 4.98 Å². The molecular weight excluding hydrogens is 223 g/mol. The van der Waals surface area contributed by atoms with Gasteiger partial charge in [0.15, 0.2) is 0 Å². The van der Waals surface area contributed by atoms with Crippen LogP contribution in [0.2, 0.25) is 0 Å². The predicted molar refractivity (Wildman–Crippen MR) is 61.8 cm³/mol. The number of carboxylic acids is 1. The monoisotopic (exact) mass is 238 g/mol. The van der Waals surface area contributed by atoms with Crippen LogP contribution in [-0.2, 0) is 0 Å². The summed E-state index contributed by atoms with van der Waals surface area (Å²) in [5.74, 6) is -0.824. The largest absolute Gasteiger partial charge is 0.478 e. The van der Waals surface area contributed by atoms with Crippen LogP contribution in [0.5, 0.6) is 0 Å². The summed E-state index contributed by atoms with van der Waals surface area (Å²) in [5, 5.41) is 9.01. The average Bonchev–Trinajstić information content (AvgIpc) is 2.23. The van der Waals surface area contributed by atoms with Crippen LogP contribution in [0.15, 0.2) is 12.3 Å². The molecule has 1 fully saturated rings. The number of aromatic carboxylic acids is 1. The molecule has 1 aliphatic rings. The molecule has 1 heterocycles. The highest BCUT2D eigenvalue weighted by molar-refractivity contribution is 5.93. The molecule has 0 amide bonds. The highest BCUT2D eigenvalue weighted by atomic mass is 19.1. The molecule has 0 saturated heterocycles. The van der Waals surface area contributed by atoms with E-state index >= 15 is 0 Å². The van der Waals surface area contributed by atoms with E-state index in [0.29, 0.717) is 11.7 Å². The van der Waals surface area contributed by atoms with Gasteiger partial charge in [-0.1, -0.05) is 6.42 Å². The van der Waals surface area contributed by atoms with Gasteiger partial charge in [0.1, 0.15) is 17.2 Å². The van der Waals surface area contributed by atoms with Crippen molar-refractivity contribution in [3.8, 4) is 0 Å². The van der Waals surface area contributed by atoms with E-state index in [4.69, 9.17) is 5.11 Å². The lowest BCUT2D eigenvalue weighted by molar-refractivity contribution is 0.0696. The van der Waals surface area contributed by atoms with Crippen molar-refractivity contribution in [2.45, 2.75) is 19.3 Å². The molecule has 5 heteroatoms. The van der Waals surface area contributed by atoms with Gasteiger partial charge in [-0.15, -0.1) is 0 Å². The number of carbonyl (C=O) groups is 1. The van der Waals surface area contributed by atoms with Crippen molar-refractivity contribution in [3.63, 3.8) is 0 Å². The Hall–Kier alpha value is -1.65. The first-order valence-corrected chi connectivity index (χ1v) is 5.68. The minimum absolute atomic E-state index is 0.0770. The summed E-state index contributed by atoms with van der Waals surface area (Å²) in [6.45, 7) is 0.777. The minimum atomic E-state index is -1.15. The van der Waals surface area contributed by atoms with Gasteiger partial charge in [0.05, 0.1) is 6.20 Å². The van der Waals surface area contributed by atoms with E-state index in [0.717, 1.165) is 18.8 Å². The lowest BCUT2D eigenvalue weighted by Crippen LogP contribution is -2.31. The van der Waals surface area contributed by atoms with Crippen LogP contribution >= 0.6 is 0 Å². The van der Waals surface area contributed by atoms with Gasteiger partial charge in [-0.2, -0.15) is 0 Å². The highest BCUT2D eigenvalue weighted by Gasteiger charge is 2.22. The normalized spacial score (nSPS) is 15.4. The molecule has 2 rings (SSSR count). The van der Waals surface area contributed by atoms with E-state index in [1.165, 1.54) is 19.3 Å². The van der Waals surface area contributed by atoms with E-state index in [-0.39, 0.29) is 5.56 Å². The number of halogens is 1. The Morgan fingerprint density at radius 2 is 2.35 bits per heavy atom. The van der Waals surface area contributed by atoms with Gasteiger partial charge in [-0.05, 0) is 24.8 Å². The molecular formula is C12H15FN2O2. The van der Waals surface area contributed by atoms with E-state index < -0.39 is 11.8 Å². The van der Waals surface area contributed by atoms with Crippen molar-refractivity contribution in [2.75, 3.05) is 18.5 Å². The summed E-state index contributed by atoms with van der Waals surface area (Å²) in [4.78, 5) is 16.7. The van der Waals surface area contributed by atoms with Crippen LogP contribution in [0.3, 0.4) is 0 Å². The molecule has 1 N–H and O–H groups in total. The van der Waals surface area contributed by atoms with E-state index in [1.807, 2.05) is 0 Å². The zero-order valence-corrected chi connectivity index (χ0v) is 9.69. The Morgan fingerprint density at radius 1 is 1.65 bits per heavy atom. The molecule has 1 aromatic rings. The molecule has 1 aromatic heterocycles. The summed E-state index contributed by atoms with van der Waals surface area (Å²) in [6.07, 6.45) is 4.64. The lowest BCUT2D eigenvalue weighted by Gasteiger charge is -2.31. The third kappa shape index (κ3) is 2.54. The SMILES string of the molecule is CN(CC1CCC1)c1ncc(F)cc1C(=O)O. The molecule has 0 atom stereocenters. The second-order valence-corrected chi connectivity index (χ2v) is 4.51. The topological polar surface area (TPSA) is 53.4 Å². The lowest BCUT2D eigenvalue weighted by atomic mass is 9.85. The van der Waals surface area contributed by atoms with Gasteiger partial charge in [0.25, 0.3) is 0 Å². The maximum atomic E-state index is 13.0. The molecule has 0 aromatic carbocycles.